The van der Waals surface area contributed by atoms with Gasteiger partial charge in [0, 0.05) is 5.54 Å². The molecule has 0 aromatic rings. The summed E-state index contributed by atoms with van der Waals surface area (Å²) in [6.07, 6.45) is 1.96. The lowest BCUT2D eigenvalue weighted by Gasteiger charge is -1.64. The van der Waals surface area contributed by atoms with E-state index in [0.29, 0.717) is 0 Å². The lowest BCUT2D eigenvalue weighted by molar-refractivity contribution is 2.42. The van der Waals surface area contributed by atoms with Crippen LogP contribution in [0.25, 0.3) is 0 Å². The van der Waals surface area contributed by atoms with E-state index >= 15 is 0 Å². The maximum Gasteiger partial charge on any atom is 0.0105 e. The van der Waals surface area contributed by atoms with Gasteiger partial charge in [-0.25, -0.2) is 0 Å². The number of hydrogen-bond acceptors (Lipinski definition) is 1. The van der Waals surface area contributed by atoms with E-state index in [1.807, 2.05) is 11.7 Å². The van der Waals surface area contributed by atoms with Gasteiger partial charge in [-0.05, 0) is 11.7 Å². The van der Waals surface area contributed by atoms with Crippen LogP contribution in [0, 0.1) is 0 Å². The average molecular weight is 109 g/mol. The van der Waals surface area contributed by atoms with Crippen molar-refractivity contribution < 1.29 is 0 Å². The molecule has 0 aliphatic rings. The van der Waals surface area contributed by atoms with Crippen LogP contribution in [0.5, 0.6) is 0 Å². The molecule has 0 aliphatic heterocycles. The van der Waals surface area contributed by atoms with Gasteiger partial charge in [0.2, 0.25) is 0 Å². The van der Waals surface area contributed by atoms with Crippen molar-refractivity contribution >= 4 is 23.4 Å². The number of halogens is 1. The summed E-state index contributed by atoms with van der Waals surface area (Å²) in [5.74, 6) is 0. The molecule has 0 heterocycles. The van der Waals surface area contributed by atoms with Crippen LogP contribution in [0.1, 0.15) is 0 Å². The molecule has 0 atom stereocenters. The lowest BCUT2D eigenvalue weighted by atomic mass is 11.3. The van der Waals surface area contributed by atoms with Crippen LogP contribution >= 0.6 is 23.4 Å². The molecule has 0 amide bonds. The molecule has 0 spiro atoms. The van der Waals surface area contributed by atoms with Gasteiger partial charge < -0.3 is 0 Å². The molecule has 0 saturated heterocycles. The molecule has 0 bridgehead atoms. The Kier molecular flexibility index (Phi) is 4.71. The molecule has 0 unspecified atom stereocenters. The Morgan fingerprint density at radius 2 is 2.40 bits per heavy atom. The first-order valence-corrected chi connectivity index (χ1v) is 2.92. The van der Waals surface area contributed by atoms with E-state index in [9.17, 15) is 0 Å². The van der Waals surface area contributed by atoms with Crippen LogP contribution in [0.3, 0.4) is 0 Å². The fourth-order valence-electron chi connectivity index (χ4n) is 0.0514. The van der Waals surface area contributed by atoms with Crippen molar-refractivity contribution in [3.05, 3.63) is 10.9 Å². The Morgan fingerprint density at radius 3 is 2.40 bits per heavy atom. The molecule has 0 aromatic heterocycles. The molecular formula is C3H5ClS. The van der Waals surface area contributed by atoms with Crippen molar-refractivity contribution in [3.8, 4) is 0 Å². The first-order valence-electron chi connectivity index (χ1n) is 1.20. The van der Waals surface area contributed by atoms with E-state index in [1.165, 1.54) is 5.54 Å². The van der Waals surface area contributed by atoms with Crippen molar-refractivity contribution in [1.29, 1.82) is 0 Å². The highest BCUT2D eigenvalue weighted by Crippen LogP contribution is 1.92. The Morgan fingerprint density at radius 1 is 1.80 bits per heavy atom. The van der Waals surface area contributed by atoms with Crippen LogP contribution < -0.4 is 0 Å². The van der Waals surface area contributed by atoms with Crippen LogP contribution in [-0.2, 0) is 0 Å². The van der Waals surface area contributed by atoms with E-state index in [4.69, 9.17) is 11.6 Å². The minimum atomic E-state index is 1.49. The Balaban J connectivity index is 2.62. The second kappa shape index (κ2) is 4.38. The molecule has 5 heavy (non-hydrogen) atoms. The van der Waals surface area contributed by atoms with Crippen molar-refractivity contribution in [2.24, 2.45) is 0 Å². The van der Waals surface area contributed by atoms with Gasteiger partial charge in [0.1, 0.15) is 0 Å². The Bertz CT molecular complexity index is 33.9. The van der Waals surface area contributed by atoms with Crippen LogP contribution in [0.2, 0.25) is 0 Å². The van der Waals surface area contributed by atoms with E-state index in [1.54, 1.807) is 11.8 Å². The summed E-state index contributed by atoms with van der Waals surface area (Å²) >= 11 is 6.69. The summed E-state index contributed by atoms with van der Waals surface area (Å²) in [4.78, 5) is 0. The van der Waals surface area contributed by atoms with Crippen molar-refractivity contribution in [2.45, 2.75) is 0 Å². The van der Waals surface area contributed by atoms with E-state index in [-0.39, 0.29) is 0 Å². The molecular weight excluding hydrogens is 104 g/mol. The number of rotatable bonds is 1. The quantitative estimate of drug-likeness (QED) is 0.496. The van der Waals surface area contributed by atoms with Crippen molar-refractivity contribution in [3.63, 3.8) is 0 Å². The van der Waals surface area contributed by atoms with Crippen molar-refractivity contribution in [1.82, 2.24) is 0 Å². The maximum atomic E-state index is 5.10. The molecule has 0 N–H and O–H groups in total. The van der Waals surface area contributed by atoms with Gasteiger partial charge in [-0.2, -0.15) is 0 Å². The fraction of sp³-hybridized carbons (Fsp3) is 0.333. The van der Waals surface area contributed by atoms with Gasteiger partial charge in [-0.1, -0.05) is 11.6 Å². The molecule has 2 heteroatoms. The highest BCUT2D eigenvalue weighted by Gasteiger charge is 1.53. The third-order valence-electron chi connectivity index (χ3n) is 0.188. The molecule has 0 saturated carbocycles. The van der Waals surface area contributed by atoms with Gasteiger partial charge in [0.15, 0.2) is 0 Å². The molecule has 0 fully saturated rings. The summed E-state index contributed by atoms with van der Waals surface area (Å²) in [6.45, 7) is 0. The lowest BCUT2D eigenvalue weighted by Crippen LogP contribution is -1.31. The van der Waals surface area contributed by atoms with E-state index in [0.717, 1.165) is 0 Å². The van der Waals surface area contributed by atoms with Crippen LogP contribution in [-0.4, -0.2) is 6.26 Å². The first kappa shape index (κ1) is 5.38. The fourth-order valence-corrected chi connectivity index (χ4v) is 0.463. The predicted octanol–water partition coefficient (Wildman–Crippen LogP) is 2.06. The molecule has 0 aliphatic carbocycles. The highest BCUT2D eigenvalue weighted by molar-refractivity contribution is 8.01. The van der Waals surface area contributed by atoms with Crippen molar-refractivity contribution in [2.75, 3.05) is 6.26 Å². The summed E-state index contributed by atoms with van der Waals surface area (Å²) in [6, 6.07) is 0. The predicted molar refractivity (Wildman–Crippen MR) is 28.5 cm³/mol. The third-order valence-corrected chi connectivity index (χ3v) is 0.871. The number of hydrogen-bond donors (Lipinski definition) is 0. The van der Waals surface area contributed by atoms with Gasteiger partial charge in [-0.15, -0.1) is 11.8 Å². The largest absolute Gasteiger partial charge is 0.137 e. The smallest absolute Gasteiger partial charge is 0.0105 e. The summed E-state index contributed by atoms with van der Waals surface area (Å²) in [5, 5.41) is 1.81. The van der Waals surface area contributed by atoms with Gasteiger partial charge in [-0.3, -0.25) is 0 Å². The Labute approximate surface area is 41.2 Å². The second-order valence-electron chi connectivity index (χ2n) is 0.498. The molecule has 0 nitrogen and oxygen atoms in total. The minimum absolute atomic E-state index is 1.49. The van der Waals surface area contributed by atoms with E-state index in [2.05, 4.69) is 0 Å². The zero-order chi connectivity index (χ0) is 4.12. The van der Waals surface area contributed by atoms with Crippen LogP contribution in [0.4, 0.5) is 0 Å². The summed E-state index contributed by atoms with van der Waals surface area (Å²) in [7, 11) is 0. The third kappa shape index (κ3) is 4.38. The normalized spacial score (nSPS) is 10.0. The first-order chi connectivity index (χ1) is 2.41. The van der Waals surface area contributed by atoms with Gasteiger partial charge >= 0.3 is 0 Å². The minimum Gasteiger partial charge on any atom is -0.137 e. The topological polar surface area (TPSA) is 0 Å². The molecule has 0 radical (unpaired) electrons. The summed E-state index contributed by atoms with van der Waals surface area (Å²) in [5.41, 5.74) is 1.49. The van der Waals surface area contributed by atoms with Gasteiger partial charge in [0.25, 0.3) is 0 Å². The molecule has 30 valence electrons. The average Bonchev–Trinajstić information content (AvgIpc) is 1.41. The maximum absolute atomic E-state index is 5.10. The second-order valence-corrected chi connectivity index (χ2v) is 1.49. The monoisotopic (exact) mass is 108 g/mol. The zero-order valence-electron chi connectivity index (χ0n) is 2.94. The molecule has 0 aromatic carbocycles. The molecule has 0 rings (SSSR count). The zero-order valence-corrected chi connectivity index (χ0v) is 4.51. The van der Waals surface area contributed by atoms with Crippen LogP contribution in [0.15, 0.2) is 10.9 Å². The van der Waals surface area contributed by atoms with E-state index < -0.39 is 0 Å². The van der Waals surface area contributed by atoms with Gasteiger partial charge in [0.05, 0.1) is 0 Å². The Hall–Kier alpha value is 0.380. The number of thioether (sulfide) groups is 1. The highest BCUT2D eigenvalue weighted by atomic mass is 35.5. The standard InChI is InChI=1S/C3H5ClS/c1-5-3-2-4/h2-3H,1H3/b3-2-. The SMILES string of the molecule is CS/C=C\Cl. The summed E-state index contributed by atoms with van der Waals surface area (Å²) < 4.78 is 0.